The Balaban J connectivity index is 0.00000280. The summed E-state index contributed by atoms with van der Waals surface area (Å²) in [6, 6.07) is 9.02. The molecule has 6 heteroatoms. The van der Waals surface area contributed by atoms with Gasteiger partial charge in [0.15, 0.2) is 5.96 Å². The van der Waals surface area contributed by atoms with Crippen LogP contribution in [-0.4, -0.2) is 62.6 Å². The van der Waals surface area contributed by atoms with Gasteiger partial charge in [-0.25, -0.2) is 0 Å². The molecule has 0 bridgehead atoms. The molecule has 1 aromatic carbocycles. The molecule has 0 unspecified atom stereocenters. The Morgan fingerprint density at radius 3 is 2.29 bits per heavy atom. The highest BCUT2D eigenvalue weighted by Gasteiger charge is 2.16. The lowest BCUT2D eigenvalue weighted by Crippen LogP contribution is -2.38. The van der Waals surface area contributed by atoms with E-state index in [1.807, 2.05) is 7.05 Å². The molecule has 2 saturated heterocycles. The van der Waals surface area contributed by atoms with Crippen molar-refractivity contribution < 1.29 is 0 Å². The molecule has 0 aromatic heterocycles. The Morgan fingerprint density at radius 2 is 1.64 bits per heavy atom. The molecule has 0 radical (unpaired) electrons. The van der Waals surface area contributed by atoms with Gasteiger partial charge in [-0.2, -0.15) is 0 Å². The summed E-state index contributed by atoms with van der Waals surface area (Å²) >= 11 is 0. The lowest BCUT2D eigenvalue weighted by Gasteiger charge is -2.29. The van der Waals surface area contributed by atoms with Crippen LogP contribution >= 0.6 is 24.0 Å². The van der Waals surface area contributed by atoms with Gasteiger partial charge in [0.05, 0.1) is 0 Å². The van der Waals surface area contributed by atoms with E-state index in [-0.39, 0.29) is 24.0 Å². The molecule has 2 fully saturated rings. The molecule has 2 aliphatic heterocycles. The van der Waals surface area contributed by atoms with Crippen molar-refractivity contribution >= 4 is 29.9 Å². The Bertz CT molecular complexity index is 575. The third-order valence-electron chi connectivity index (χ3n) is 5.99. The van der Waals surface area contributed by atoms with Crippen molar-refractivity contribution in [2.45, 2.75) is 45.2 Å². The monoisotopic (exact) mass is 499 g/mol. The van der Waals surface area contributed by atoms with Crippen molar-refractivity contribution in [3.05, 3.63) is 35.4 Å². The first kappa shape index (κ1) is 23.4. The van der Waals surface area contributed by atoms with Gasteiger partial charge in [0.25, 0.3) is 0 Å². The summed E-state index contributed by atoms with van der Waals surface area (Å²) in [5.41, 5.74) is 2.72. The van der Waals surface area contributed by atoms with E-state index in [2.05, 4.69) is 56.7 Å². The number of hydrogen-bond donors (Lipinski definition) is 2. The molecular weight excluding hydrogens is 461 g/mol. The smallest absolute Gasteiger partial charge is 0.191 e. The van der Waals surface area contributed by atoms with Crippen LogP contribution in [0.25, 0.3) is 0 Å². The molecule has 0 amide bonds. The predicted octanol–water partition coefficient (Wildman–Crippen LogP) is 3.30. The third kappa shape index (κ3) is 7.87. The van der Waals surface area contributed by atoms with Crippen LogP contribution in [0.15, 0.2) is 29.3 Å². The largest absolute Gasteiger partial charge is 0.356 e. The maximum atomic E-state index is 4.36. The fourth-order valence-corrected chi connectivity index (χ4v) is 4.11. The number of piperidine rings is 1. The van der Waals surface area contributed by atoms with E-state index in [0.29, 0.717) is 0 Å². The summed E-state index contributed by atoms with van der Waals surface area (Å²) < 4.78 is 0. The van der Waals surface area contributed by atoms with Crippen LogP contribution < -0.4 is 10.6 Å². The number of rotatable bonds is 7. The molecule has 3 rings (SSSR count). The summed E-state index contributed by atoms with van der Waals surface area (Å²) in [5.74, 6) is 1.76. The molecule has 1 aromatic rings. The second-order valence-corrected chi connectivity index (χ2v) is 8.19. The third-order valence-corrected chi connectivity index (χ3v) is 5.99. The zero-order valence-corrected chi connectivity index (χ0v) is 20.0. The highest BCUT2D eigenvalue weighted by Crippen LogP contribution is 2.18. The molecule has 0 aliphatic carbocycles. The van der Waals surface area contributed by atoms with Gasteiger partial charge >= 0.3 is 0 Å². The summed E-state index contributed by atoms with van der Waals surface area (Å²) in [6.45, 7) is 7.90. The van der Waals surface area contributed by atoms with Crippen molar-refractivity contribution in [3.8, 4) is 0 Å². The molecule has 158 valence electrons. The van der Waals surface area contributed by atoms with E-state index in [0.717, 1.165) is 31.5 Å². The maximum Gasteiger partial charge on any atom is 0.191 e. The number of guanidine groups is 1. The van der Waals surface area contributed by atoms with E-state index >= 15 is 0 Å². The summed E-state index contributed by atoms with van der Waals surface area (Å²) in [6.07, 6.45) is 6.60. The predicted molar refractivity (Wildman–Crippen MR) is 129 cm³/mol. The number of aliphatic imine (C=N–C) groups is 1. The van der Waals surface area contributed by atoms with Crippen molar-refractivity contribution in [3.63, 3.8) is 0 Å². The van der Waals surface area contributed by atoms with Gasteiger partial charge in [0.1, 0.15) is 0 Å². The molecular formula is C22H38IN5. The van der Waals surface area contributed by atoms with Gasteiger partial charge in [0, 0.05) is 26.7 Å². The first-order valence-corrected chi connectivity index (χ1v) is 10.7. The first-order chi connectivity index (χ1) is 13.2. The van der Waals surface area contributed by atoms with Crippen LogP contribution in [0.4, 0.5) is 0 Å². The second-order valence-electron chi connectivity index (χ2n) is 8.19. The molecule has 0 spiro atoms. The Hall–Kier alpha value is -0.860. The van der Waals surface area contributed by atoms with E-state index in [1.165, 1.54) is 69.4 Å². The van der Waals surface area contributed by atoms with Crippen LogP contribution in [0, 0.1) is 5.92 Å². The van der Waals surface area contributed by atoms with E-state index < -0.39 is 0 Å². The molecule has 28 heavy (non-hydrogen) atoms. The molecule has 5 nitrogen and oxygen atoms in total. The Morgan fingerprint density at radius 1 is 1.00 bits per heavy atom. The second kappa shape index (κ2) is 12.6. The number of nitrogens with one attached hydrogen (secondary N) is 2. The first-order valence-electron chi connectivity index (χ1n) is 10.7. The van der Waals surface area contributed by atoms with Crippen LogP contribution in [-0.2, 0) is 13.1 Å². The van der Waals surface area contributed by atoms with Gasteiger partial charge in [0.2, 0.25) is 0 Å². The molecule has 0 saturated carbocycles. The average molecular weight is 499 g/mol. The Kier molecular flexibility index (Phi) is 10.6. The lowest BCUT2D eigenvalue weighted by molar-refractivity contribution is 0.213. The van der Waals surface area contributed by atoms with Crippen LogP contribution in [0.3, 0.4) is 0 Å². The fourth-order valence-electron chi connectivity index (χ4n) is 4.11. The van der Waals surface area contributed by atoms with Crippen LogP contribution in [0.1, 0.15) is 43.2 Å². The molecule has 2 heterocycles. The molecule has 2 aliphatic rings. The van der Waals surface area contributed by atoms with E-state index in [1.54, 1.807) is 0 Å². The average Bonchev–Trinajstić information content (AvgIpc) is 3.20. The SMILES string of the molecule is CN=C(NCCC1CCN(C)CC1)NCc1ccc(CN2CCCC2)cc1.I. The summed E-state index contributed by atoms with van der Waals surface area (Å²) in [7, 11) is 4.07. The van der Waals surface area contributed by atoms with Crippen LogP contribution in [0.5, 0.6) is 0 Å². The molecule has 2 N–H and O–H groups in total. The zero-order chi connectivity index (χ0) is 18.9. The quantitative estimate of drug-likeness (QED) is 0.343. The van der Waals surface area contributed by atoms with Crippen molar-refractivity contribution in [2.24, 2.45) is 10.9 Å². The van der Waals surface area contributed by atoms with Gasteiger partial charge in [-0.15, -0.1) is 24.0 Å². The van der Waals surface area contributed by atoms with Crippen LogP contribution in [0.2, 0.25) is 0 Å². The highest BCUT2D eigenvalue weighted by molar-refractivity contribution is 14.0. The van der Waals surface area contributed by atoms with Gasteiger partial charge in [-0.1, -0.05) is 24.3 Å². The normalized spacial score (nSPS) is 19.4. The van der Waals surface area contributed by atoms with Gasteiger partial charge in [-0.3, -0.25) is 9.89 Å². The number of halogens is 1. The van der Waals surface area contributed by atoms with E-state index in [4.69, 9.17) is 0 Å². The number of benzene rings is 1. The summed E-state index contributed by atoms with van der Waals surface area (Å²) in [4.78, 5) is 9.34. The highest BCUT2D eigenvalue weighted by atomic mass is 127. The van der Waals surface area contributed by atoms with E-state index in [9.17, 15) is 0 Å². The maximum absolute atomic E-state index is 4.36. The minimum absolute atomic E-state index is 0. The van der Waals surface area contributed by atoms with Gasteiger partial charge < -0.3 is 15.5 Å². The minimum atomic E-state index is 0. The minimum Gasteiger partial charge on any atom is -0.356 e. The van der Waals surface area contributed by atoms with Crippen molar-refractivity contribution in [2.75, 3.05) is 46.8 Å². The van der Waals surface area contributed by atoms with Crippen molar-refractivity contribution in [1.82, 2.24) is 20.4 Å². The fraction of sp³-hybridized carbons (Fsp3) is 0.682. The Labute approximate surface area is 188 Å². The topological polar surface area (TPSA) is 42.9 Å². The number of likely N-dealkylation sites (tertiary alicyclic amines) is 2. The number of nitrogens with zero attached hydrogens (tertiary/aromatic N) is 3. The van der Waals surface area contributed by atoms with Crippen molar-refractivity contribution in [1.29, 1.82) is 0 Å². The number of hydrogen-bond acceptors (Lipinski definition) is 3. The zero-order valence-electron chi connectivity index (χ0n) is 17.6. The lowest BCUT2D eigenvalue weighted by atomic mass is 9.94. The summed E-state index contributed by atoms with van der Waals surface area (Å²) in [5, 5.41) is 6.92. The van der Waals surface area contributed by atoms with Gasteiger partial charge in [-0.05, 0) is 82.4 Å². The molecule has 0 atom stereocenters. The standard InChI is InChI=1S/C22H37N5.HI/c1-23-22(24-12-9-19-10-15-26(2)16-11-19)25-17-20-5-7-21(8-6-20)18-27-13-3-4-14-27;/h5-8,19H,3-4,9-18H2,1-2H3,(H2,23,24,25);1H.